The molecule has 306 valence electrons. The second-order valence-electron chi connectivity index (χ2n) is 16.4. The fourth-order valence-corrected chi connectivity index (χ4v) is 7.70. The fraction of sp³-hybridized carbons (Fsp3) is 0.851. The Morgan fingerprint density at radius 2 is 0.769 bits per heavy atom. The minimum atomic E-state index is 0. The monoisotopic (exact) mass is 841 g/mol. The first-order valence-electron chi connectivity index (χ1n) is 22.8. The summed E-state index contributed by atoms with van der Waals surface area (Å²) in [4.78, 5) is 12.8. The van der Waals surface area contributed by atoms with Crippen molar-refractivity contribution in [3.8, 4) is 5.75 Å². The van der Waals surface area contributed by atoms with Crippen molar-refractivity contribution in [1.29, 1.82) is 0 Å². The van der Waals surface area contributed by atoms with E-state index in [1.54, 1.807) is 7.11 Å². The Labute approximate surface area is 342 Å². The minimum Gasteiger partial charge on any atom is -1.00 e. The van der Waals surface area contributed by atoms with Crippen molar-refractivity contribution in [3.05, 3.63) is 29.8 Å². The zero-order valence-electron chi connectivity index (χ0n) is 35.4. The molecule has 1 amide bonds. The van der Waals surface area contributed by atoms with Crippen molar-refractivity contribution in [2.24, 2.45) is 0 Å². The number of hydrogen-bond acceptors (Lipinski definition) is 2. The smallest absolute Gasteiger partial charge is 0.251 e. The van der Waals surface area contributed by atoms with Crippen LogP contribution in [0, 0.1) is 0 Å². The summed E-state index contributed by atoms with van der Waals surface area (Å²) < 4.78 is 6.34. The third-order valence-corrected chi connectivity index (χ3v) is 11.4. The lowest BCUT2D eigenvalue weighted by Gasteiger charge is -2.35. The second kappa shape index (κ2) is 38.5. The molecule has 0 aliphatic rings. The van der Waals surface area contributed by atoms with Crippen LogP contribution in [0.1, 0.15) is 230 Å². The SMILES string of the molecule is CCCCCCCCCCCCCCCCCC[N+](C)(CCCCCCCCCCCCCCCCCC)CCNC(=O)c1ccc(OC)cc1.[I-]. The standard InChI is InChI=1S/C47H88N2O2.HI/c1-5-7-9-11-13-15-17-19-21-23-25-27-29-31-33-35-42-49(3,44-41-48-47(50)45-37-39-46(51-4)40-38-45)43-36-34-32-30-28-26-24-22-20-18-16-14-12-10-8-6-2;/h37-40H,5-36,41-44H2,1-4H3;1H. The lowest BCUT2D eigenvalue weighted by atomic mass is 10.0. The number of likely N-dealkylation sites (N-methyl/N-ethyl adjacent to an activating group) is 1. The number of ether oxygens (including phenoxy) is 1. The maximum absolute atomic E-state index is 12.8. The number of quaternary nitrogens is 1. The zero-order valence-corrected chi connectivity index (χ0v) is 37.6. The molecule has 0 aromatic heterocycles. The molecular weight excluding hydrogens is 751 g/mol. The number of carbonyl (C=O) groups is 1. The normalized spacial score (nSPS) is 11.5. The van der Waals surface area contributed by atoms with Crippen molar-refractivity contribution in [2.75, 3.05) is 40.3 Å². The number of nitrogens with one attached hydrogen (secondary N) is 1. The molecule has 0 unspecified atom stereocenters. The number of amides is 1. The van der Waals surface area contributed by atoms with Crippen LogP contribution < -0.4 is 34.0 Å². The number of hydrogen-bond donors (Lipinski definition) is 1. The van der Waals surface area contributed by atoms with E-state index in [0.29, 0.717) is 5.56 Å². The molecule has 1 N–H and O–H groups in total. The predicted molar refractivity (Wildman–Crippen MR) is 225 cm³/mol. The molecular formula is C47H89IN2O2. The Hall–Kier alpha value is -0.820. The van der Waals surface area contributed by atoms with Gasteiger partial charge in [-0.05, 0) is 49.9 Å². The molecule has 0 aliphatic heterocycles. The van der Waals surface area contributed by atoms with Gasteiger partial charge in [0.1, 0.15) is 5.75 Å². The number of halogens is 1. The van der Waals surface area contributed by atoms with Gasteiger partial charge in [-0.2, -0.15) is 0 Å². The first-order valence-corrected chi connectivity index (χ1v) is 22.8. The van der Waals surface area contributed by atoms with Crippen LogP contribution in [0.3, 0.4) is 0 Å². The van der Waals surface area contributed by atoms with Gasteiger partial charge in [-0.15, -0.1) is 0 Å². The van der Waals surface area contributed by atoms with E-state index >= 15 is 0 Å². The van der Waals surface area contributed by atoms with Gasteiger partial charge in [0.2, 0.25) is 0 Å². The Morgan fingerprint density at radius 1 is 0.481 bits per heavy atom. The van der Waals surface area contributed by atoms with Crippen LogP contribution in [0.2, 0.25) is 0 Å². The summed E-state index contributed by atoms with van der Waals surface area (Å²) >= 11 is 0. The van der Waals surface area contributed by atoms with Crippen LogP contribution in [-0.4, -0.2) is 50.7 Å². The predicted octanol–water partition coefficient (Wildman–Crippen LogP) is 11.4. The Balaban J connectivity index is 0.0000260. The summed E-state index contributed by atoms with van der Waals surface area (Å²) in [6, 6.07) is 7.44. The van der Waals surface area contributed by atoms with Crippen molar-refractivity contribution in [1.82, 2.24) is 5.32 Å². The average molecular weight is 841 g/mol. The van der Waals surface area contributed by atoms with E-state index in [0.717, 1.165) is 23.3 Å². The lowest BCUT2D eigenvalue weighted by molar-refractivity contribution is -0.908. The number of methoxy groups -OCH3 is 1. The van der Waals surface area contributed by atoms with Crippen LogP contribution in [0.25, 0.3) is 0 Å². The quantitative estimate of drug-likeness (QED) is 0.0407. The summed E-state index contributed by atoms with van der Waals surface area (Å²) in [6.07, 6.45) is 45.3. The van der Waals surface area contributed by atoms with E-state index < -0.39 is 0 Å². The summed E-state index contributed by atoms with van der Waals surface area (Å²) in [7, 11) is 4.10. The van der Waals surface area contributed by atoms with Crippen LogP contribution in [0.5, 0.6) is 5.75 Å². The van der Waals surface area contributed by atoms with Gasteiger partial charge in [0.15, 0.2) is 0 Å². The van der Waals surface area contributed by atoms with Gasteiger partial charge >= 0.3 is 0 Å². The van der Waals surface area contributed by atoms with Gasteiger partial charge in [0.25, 0.3) is 5.91 Å². The molecule has 4 nitrogen and oxygen atoms in total. The van der Waals surface area contributed by atoms with E-state index in [1.807, 2.05) is 24.3 Å². The molecule has 52 heavy (non-hydrogen) atoms. The van der Waals surface area contributed by atoms with Crippen molar-refractivity contribution in [3.63, 3.8) is 0 Å². The van der Waals surface area contributed by atoms with E-state index in [1.165, 1.54) is 219 Å². The highest BCUT2D eigenvalue weighted by atomic mass is 127. The summed E-state index contributed by atoms with van der Waals surface area (Å²) in [5.74, 6) is 0.808. The molecule has 0 radical (unpaired) electrons. The Bertz CT molecular complexity index is 841. The van der Waals surface area contributed by atoms with Crippen LogP contribution >= 0.6 is 0 Å². The van der Waals surface area contributed by atoms with Gasteiger partial charge in [-0.1, -0.05) is 194 Å². The lowest BCUT2D eigenvalue weighted by Crippen LogP contribution is -3.00. The molecule has 0 saturated carbocycles. The van der Waals surface area contributed by atoms with Crippen molar-refractivity contribution < 1.29 is 38.0 Å². The molecule has 1 aromatic carbocycles. The maximum atomic E-state index is 12.8. The number of carbonyl (C=O) groups excluding carboxylic acids is 1. The van der Waals surface area contributed by atoms with Gasteiger partial charge in [0.05, 0.1) is 40.3 Å². The van der Waals surface area contributed by atoms with Crippen LogP contribution in [0.15, 0.2) is 24.3 Å². The third kappa shape index (κ3) is 31.5. The molecule has 0 heterocycles. The molecule has 0 atom stereocenters. The van der Waals surface area contributed by atoms with E-state index in [2.05, 4.69) is 26.2 Å². The van der Waals surface area contributed by atoms with Gasteiger partial charge in [-0.3, -0.25) is 4.79 Å². The number of rotatable bonds is 39. The van der Waals surface area contributed by atoms with Gasteiger partial charge < -0.3 is 38.5 Å². The Kier molecular flexibility index (Phi) is 37.8. The summed E-state index contributed by atoms with van der Waals surface area (Å²) in [5.41, 5.74) is 0.709. The average Bonchev–Trinajstić information content (AvgIpc) is 3.14. The second-order valence-corrected chi connectivity index (χ2v) is 16.4. The Morgan fingerprint density at radius 3 is 1.06 bits per heavy atom. The highest BCUT2D eigenvalue weighted by molar-refractivity contribution is 5.94. The van der Waals surface area contributed by atoms with Gasteiger partial charge in [0, 0.05) is 5.56 Å². The third-order valence-electron chi connectivity index (χ3n) is 11.4. The molecule has 5 heteroatoms. The summed E-state index contributed by atoms with van der Waals surface area (Å²) in [5, 5.41) is 3.21. The van der Waals surface area contributed by atoms with Crippen molar-refractivity contribution >= 4 is 5.91 Å². The molecule has 0 saturated heterocycles. The molecule has 0 bridgehead atoms. The molecule has 0 fully saturated rings. The number of nitrogens with zero attached hydrogens (tertiary/aromatic N) is 1. The van der Waals surface area contributed by atoms with E-state index in [9.17, 15) is 4.79 Å². The highest BCUT2D eigenvalue weighted by Gasteiger charge is 2.21. The van der Waals surface area contributed by atoms with E-state index in [4.69, 9.17) is 4.74 Å². The van der Waals surface area contributed by atoms with E-state index in [-0.39, 0.29) is 29.9 Å². The molecule has 0 aliphatic carbocycles. The zero-order chi connectivity index (χ0) is 36.9. The van der Waals surface area contributed by atoms with Crippen LogP contribution in [0.4, 0.5) is 0 Å². The largest absolute Gasteiger partial charge is 1.00 e. The maximum Gasteiger partial charge on any atom is 0.251 e. The van der Waals surface area contributed by atoms with Gasteiger partial charge in [-0.25, -0.2) is 0 Å². The first kappa shape index (κ1) is 51.2. The number of benzene rings is 1. The first-order chi connectivity index (χ1) is 25.0. The summed E-state index contributed by atoms with van der Waals surface area (Å²) in [6.45, 7) is 8.81. The molecule has 1 rings (SSSR count). The molecule has 1 aromatic rings. The minimum absolute atomic E-state index is 0. The topological polar surface area (TPSA) is 38.3 Å². The van der Waals surface area contributed by atoms with Crippen molar-refractivity contribution in [2.45, 2.75) is 219 Å². The number of unbranched alkanes of at least 4 members (excludes halogenated alkanes) is 30. The van der Waals surface area contributed by atoms with Crippen LogP contribution in [-0.2, 0) is 0 Å². The molecule has 0 spiro atoms. The fourth-order valence-electron chi connectivity index (χ4n) is 7.70. The highest BCUT2D eigenvalue weighted by Crippen LogP contribution is 2.18.